The van der Waals surface area contributed by atoms with Crippen molar-refractivity contribution in [3.05, 3.63) is 12.7 Å². The van der Waals surface area contributed by atoms with Crippen LogP contribution < -0.4 is 5.32 Å². The molecule has 0 aromatic carbocycles. The first kappa shape index (κ1) is 11.5. The van der Waals surface area contributed by atoms with Crippen LogP contribution in [0.15, 0.2) is 12.7 Å². The quantitative estimate of drug-likeness (QED) is 0.761. The number of aryl methyl sites for hydroxylation is 1. The number of likely N-dealkylation sites (N-methyl/N-ethyl adjacent to an activating group) is 1. The first-order valence-corrected chi connectivity index (χ1v) is 5.93. The Morgan fingerprint density at radius 2 is 2.50 bits per heavy atom. The van der Waals surface area contributed by atoms with Crippen molar-refractivity contribution in [2.24, 2.45) is 5.92 Å². The summed E-state index contributed by atoms with van der Waals surface area (Å²) in [7, 11) is 1.95. The van der Waals surface area contributed by atoms with Crippen molar-refractivity contribution in [3.63, 3.8) is 0 Å². The van der Waals surface area contributed by atoms with Crippen LogP contribution in [-0.4, -0.2) is 39.1 Å². The molecule has 0 bridgehead atoms. The molecule has 2 N–H and O–H groups in total. The molecule has 1 fully saturated rings. The first-order valence-electron chi connectivity index (χ1n) is 5.93. The summed E-state index contributed by atoms with van der Waals surface area (Å²) >= 11 is 0. The van der Waals surface area contributed by atoms with Crippen LogP contribution in [0.2, 0.25) is 0 Å². The van der Waals surface area contributed by atoms with E-state index >= 15 is 0 Å². The highest BCUT2D eigenvalue weighted by Crippen LogP contribution is 2.37. The maximum absolute atomic E-state index is 9.55. The number of nitrogens with zero attached hydrogens (tertiary/aromatic N) is 3. The van der Waals surface area contributed by atoms with Crippen molar-refractivity contribution in [3.8, 4) is 0 Å². The van der Waals surface area contributed by atoms with Gasteiger partial charge in [-0.15, -0.1) is 0 Å². The van der Waals surface area contributed by atoms with E-state index in [1.54, 1.807) is 12.7 Å². The molecular formula is C11H20N4O. The van der Waals surface area contributed by atoms with Gasteiger partial charge in [-0.3, -0.25) is 4.68 Å². The first-order chi connectivity index (χ1) is 7.80. The summed E-state index contributed by atoms with van der Waals surface area (Å²) in [4.78, 5) is 3.93. The molecule has 5 heteroatoms. The Kier molecular flexibility index (Phi) is 3.56. The molecule has 1 aliphatic carbocycles. The fourth-order valence-corrected chi connectivity index (χ4v) is 2.82. The van der Waals surface area contributed by atoms with Crippen LogP contribution in [0.25, 0.3) is 0 Å². The van der Waals surface area contributed by atoms with Crippen molar-refractivity contribution < 1.29 is 5.11 Å². The molecular weight excluding hydrogens is 204 g/mol. The molecule has 16 heavy (non-hydrogen) atoms. The minimum Gasteiger partial charge on any atom is -0.394 e. The average molecular weight is 224 g/mol. The lowest BCUT2D eigenvalue weighted by Crippen LogP contribution is -2.49. The monoisotopic (exact) mass is 224 g/mol. The van der Waals surface area contributed by atoms with Crippen LogP contribution in [0.4, 0.5) is 0 Å². The fraction of sp³-hybridized carbons (Fsp3) is 0.818. The molecule has 90 valence electrons. The van der Waals surface area contributed by atoms with E-state index in [-0.39, 0.29) is 12.1 Å². The van der Waals surface area contributed by atoms with Gasteiger partial charge in [-0.05, 0) is 32.2 Å². The van der Waals surface area contributed by atoms with Crippen molar-refractivity contribution in [2.45, 2.75) is 37.8 Å². The topological polar surface area (TPSA) is 63.0 Å². The zero-order valence-corrected chi connectivity index (χ0v) is 9.76. The number of rotatable bonds is 5. The van der Waals surface area contributed by atoms with E-state index in [1.165, 1.54) is 12.8 Å². The summed E-state index contributed by atoms with van der Waals surface area (Å²) in [6.45, 7) is 1.11. The Bertz CT molecular complexity index is 308. The lowest BCUT2D eigenvalue weighted by molar-refractivity contribution is 0.124. The third kappa shape index (κ3) is 2.10. The highest BCUT2D eigenvalue weighted by atomic mass is 16.3. The molecule has 2 unspecified atom stereocenters. The molecule has 1 saturated carbocycles. The van der Waals surface area contributed by atoms with E-state index in [2.05, 4.69) is 15.4 Å². The van der Waals surface area contributed by atoms with Gasteiger partial charge in [-0.25, -0.2) is 4.98 Å². The van der Waals surface area contributed by atoms with E-state index in [4.69, 9.17) is 0 Å². The van der Waals surface area contributed by atoms with Gasteiger partial charge in [0.1, 0.15) is 12.7 Å². The van der Waals surface area contributed by atoms with Crippen LogP contribution in [-0.2, 0) is 6.54 Å². The highest BCUT2D eigenvalue weighted by molar-refractivity contribution is 4.97. The smallest absolute Gasteiger partial charge is 0.137 e. The lowest BCUT2D eigenvalue weighted by Gasteiger charge is -2.33. The molecule has 0 amide bonds. The SMILES string of the molecule is CNC1(CO)CCCC1CCn1cncn1. The predicted octanol–water partition coefficient (Wildman–Crippen LogP) is 0.419. The van der Waals surface area contributed by atoms with Crippen LogP contribution >= 0.6 is 0 Å². The molecule has 0 saturated heterocycles. The molecule has 1 aliphatic rings. The molecule has 1 aromatic rings. The molecule has 0 radical (unpaired) electrons. The normalized spacial score (nSPS) is 29.8. The Labute approximate surface area is 95.9 Å². The number of aromatic nitrogens is 3. The fourth-order valence-electron chi connectivity index (χ4n) is 2.82. The number of hydrogen-bond acceptors (Lipinski definition) is 4. The average Bonchev–Trinajstić information content (AvgIpc) is 2.96. The van der Waals surface area contributed by atoms with Crippen LogP contribution in [0, 0.1) is 5.92 Å². The van der Waals surface area contributed by atoms with Gasteiger partial charge < -0.3 is 10.4 Å². The van der Waals surface area contributed by atoms with Crippen molar-refractivity contribution >= 4 is 0 Å². The summed E-state index contributed by atoms with van der Waals surface area (Å²) in [6.07, 6.45) is 7.81. The van der Waals surface area contributed by atoms with Gasteiger partial charge in [0.25, 0.3) is 0 Å². The summed E-state index contributed by atoms with van der Waals surface area (Å²) < 4.78 is 1.86. The van der Waals surface area contributed by atoms with Crippen molar-refractivity contribution in [2.75, 3.05) is 13.7 Å². The summed E-state index contributed by atoms with van der Waals surface area (Å²) in [5.74, 6) is 0.534. The second-order valence-corrected chi connectivity index (χ2v) is 4.60. The van der Waals surface area contributed by atoms with Crippen LogP contribution in [0.3, 0.4) is 0 Å². The van der Waals surface area contributed by atoms with Crippen LogP contribution in [0.5, 0.6) is 0 Å². The zero-order valence-electron chi connectivity index (χ0n) is 9.76. The second-order valence-electron chi connectivity index (χ2n) is 4.60. The highest BCUT2D eigenvalue weighted by Gasteiger charge is 2.40. The number of aliphatic hydroxyl groups is 1. The molecule has 2 rings (SSSR count). The number of nitrogens with one attached hydrogen (secondary N) is 1. The standard InChI is InChI=1S/C11H20N4O/c1-12-11(7-16)5-2-3-10(11)4-6-15-9-13-8-14-15/h8-10,12,16H,2-7H2,1H3. The molecule has 1 heterocycles. The second kappa shape index (κ2) is 4.93. The maximum Gasteiger partial charge on any atom is 0.137 e. The van der Waals surface area contributed by atoms with Crippen LogP contribution in [0.1, 0.15) is 25.7 Å². The molecule has 0 spiro atoms. The predicted molar refractivity (Wildman–Crippen MR) is 60.9 cm³/mol. The van der Waals surface area contributed by atoms with E-state index in [0.717, 1.165) is 19.4 Å². The van der Waals surface area contributed by atoms with Crippen molar-refractivity contribution in [1.29, 1.82) is 0 Å². The van der Waals surface area contributed by atoms with Gasteiger partial charge in [-0.2, -0.15) is 5.10 Å². The third-order valence-electron chi connectivity index (χ3n) is 3.91. The van der Waals surface area contributed by atoms with Gasteiger partial charge in [0.15, 0.2) is 0 Å². The minimum absolute atomic E-state index is 0.0689. The van der Waals surface area contributed by atoms with Gasteiger partial charge >= 0.3 is 0 Å². The Morgan fingerprint density at radius 3 is 3.12 bits per heavy atom. The van der Waals surface area contributed by atoms with E-state index < -0.39 is 0 Å². The minimum atomic E-state index is -0.0689. The van der Waals surface area contributed by atoms with Gasteiger partial charge in [0.05, 0.1) is 6.61 Å². The zero-order chi connectivity index (χ0) is 11.4. The van der Waals surface area contributed by atoms with E-state index in [1.807, 2.05) is 11.7 Å². The molecule has 0 aliphatic heterocycles. The summed E-state index contributed by atoms with van der Waals surface area (Å²) in [5.41, 5.74) is -0.0689. The Hall–Kier alpha value is -0.940. The number of hydrogen-bond donors (Lipinski definition) is 2. The lowest BCUT2D eigenvalue weighted by atomic mass is 9.85. The van der Waals surface area contributed by atoms with E-state index in [0.29, 0.717) is 5.92 Å². The third-order valence-corrected chi connectivity index (χ3v) is 3.91. The Balaban J connectivity index is 1.93. The number of aliphatic hydroxyl groups excluding tert-OH is 1. The van der Waals surface area contributed by atoms with Crippen molar-refractivity contribution in [1.82, 2.24) is 20.1 Å². The molecule has 2 atom stereocenters. The summed E-state index contributed by atoms with van der Waals surface area (Å²) in [5, 5.41) is 17.0. The van der Waals surface area contributed by atoms with Gasteiger partial charge in [0.2, 0.25) is 0 Å². The van der Waals surface area contributed by atoms with Gasteiger partial charge in [-0.1, -0.05) is 6.42 Å². The molecule has 5 nitrogen and oxygen atoms in total. The van der Waals surface area contributed by atoms with Gasteiger partial charge in [0, 0.05) is 12.1 Å². The maximum atomic E-state index is 9.55. The molecule has 1 aromatic heterocycles. The van der Waals surface area contributed by atoms with E-state index in [9.17, 15) is 5.11 Å². The largest absolute Gasteiger partial charge is 0.394 e. The Morgan fingerprint density at radius 1 is 1.62 bits per heavy atom. The summed E-state index contributed by atoms with van der Waals surface area (Å²) in [6, 6.07) is 0.